The first-order valence-corrected chi connectivity index (χ1v) is 6.91. The summed E-state index contributed by atoms with van der Waals surface area (Å²) < 4.78 is 0. The van der Waals surface area contributed by atoms with Gasteiger partial charge in [0, 0.05) is 0 Å². The Morgan fingerprint density at radius 3 is 0.964 bits per heavy atom. The number of carboxylic acids is 2. The largest absolute Gasteiger partial charge is 1.00 e. The Bertz CT molecular complexity index is 391. The fourth-order valence-electron chi connectivity index (χ4n) is 1.32. The van der Waals surface area contributed by atoms with E-state index in [0.717, 1.165) is 0 Å². The van der Waals surface area contributed by atoms with Crippen LogP contribution < -0.4 is 58.6 Å². The van der Waals surface area contributed by atoms with E-state index in [2.05, 4.69) is 0 Å². The second-order valence-electron chi connectivity index (χ2n) is 4.99. The molecule has 0 saturated carbocycles. The van der Waals surface area contributed by atoms with E-state index in [-0.39, 0.29) is 48.4 Å². The third kappa shape index (κ3) is 12.6. The van der Waals surface area contributed by atoms with Crippen LogP contribution in [0.2, 0.25) is 0 Å². The number of carbonyl (C=O) groups is 2. The van der Waals surface area contributed by atoms with E-state index >= 15 is 0 Å². The van der Waals surface area contributed by atoms with Crippen molar-refractivity contribution < 1.29 is 119 Å². The van der Waals surface area contributed by atoms with Gasteiger partial charge in [-0.1, -0.05) is 0 Å². The monoisotopic (exact) mass is 420 g/mol. The van der Waals surface area contributed by atoms with Crippen molar-refractivity contribution in [2.75, 3.05) is 13.2 Å². The molecule has 16 heteroatoms. The van der Waals surface area contributed by atoms with Gasteiger partial charge in [-0.2, -0.15) is 0 Å². The molecule has 0 aliphatic rings. The molecule has 0 spiro atoms. The molecule has 0 radical (unpaired) electrons. The minimum Gasteiger partial charge on any atom is -0.547 e. The summed E-state index contributed by atoms with van der Waals surface area (Å²) in [5, 5.41) is 107. The Morgan fingerprint density at radius 1 is 0.607 bits per heavy atom. The van der Waals surface area contributed by atoms with Crippen LogP contribution in [0.1, 0.15) is 0 Å². The van der Waals surface area contributed by atoms with Crippen molar-refractivity contribution in [3.63, 3.8) is 0 Å². The van der Waals surface area contributed by atoms with Gasteiger partial charge in [0.1, 0.15) is 48.8 Å². The topological polar surface area (TPSA) is 283 Å². The minimum atomic E-state index is -2.31. The van der Waals surface area contributed by atoms with E-state index in [1.54, 1.807) is 0 Å². The normalized spacial score (nSPS) is 18.9. The summed E-state index contributed by atoms with van der Waals surface area (Å²) in [5.41, 5.74) is 0. The number of aliphatic hydroxyl groups excluding tert-OH is 10. The Kier molecular flexibility index (Phi) is 22.8. The summed E-state index contributed by atoms with van der Waals surface area (Å²) in [5.74, 6) is -3.95. The van der Waals surface area contributed by atoms with E-state index in [4.69, 9.17) is 51.1 Å². The van der Waals surface area contributed by atoms with Crippen LogP contribution in [-0.2, 0) is 9.59 Å². The maximum absolute atomic E-state index is 9.98. The second kappa shape index (κ2) is 18.0. The average Bonchev–Trinajstić information content (AvgIpc) is 2.62. The molecule has 0 aromatic carbocycles. The van der Waals surface area contributed by atoms with E-state index < -0.39 is 74.0 Å². The molecule has 8 atom stereocenters. The van der Waals surface area contributed by atoms with Gasteiger partial charge in [-0.3, -0.25) is 0 Å². The molecule has 0 amide bonds. The molecule has 0 bridgehead atoms. The first-order chi connectivity index (χ1) is 11.8. The van der Waals surface area contributed by atoms with Crippen molar-refractivity contribution in [3.05, 3.63) is 0 Å². The number of hydrogen-bond acceptors (Lipinski definition) is 14. The Hall–Kier alpha value is 0.137. The molecule has 0 aliphatic heterocycles. The zero-order chi connectivity index (χ0) is 21.2. The van der Waals surface area contributed by atoms with E-state index in [9.17, 15) is 19.8 Å². The number of hydrogen-bond donors (Lipinski definition) is 10. The van der Waals surface area contributed by atoms with Gasteiger partial charge in [0.05, 0.1) is 25.2 Å². The first kappa shape index (κ1) is 35.6. The summed E-state index contributed by atoms with van der Waals surface area (Å²) >= 11 is 0. The number of aliphatic hydroxyl groups is 10. The van der Waals surface area contributed by atoms with Gasteiger partial charge in [-0.05, 0) is 0 Å². The van der Waals surface area contributed by atoms with Gasteiger partial charge in [-0.25, -0.2) is 0 Å². The molecular weight excluding hydrogens is 398 g/mol. The van der Waals surface area contributed by atoms with Crippen molar-refractivity contribution in [2.24, 2.45) is 0 Å². The zero-order valence-corrected chi connectivity index (χ0v) is 17.1. The quantitative estimate of drug-likeness (QED) is 0.147. The number of carboxylic acid groups (broad SMARTS) is 2. The van der Waals surface area contributed by atoms with Crippen LogP contribution in [0.25, 0.3) is 0 Å². The summed E-state index contributed by atoms with van der Waals surface area (Å²) in [7, 11) is 0. The van der Waals surface area contributed by atoms with Crippen LogP contribution in [0.4, 0.5) is 0 Å². The molecule has 0 unspecified atom stereocenters. The molecule has 0 heterocycles. The number of rotatable bonds is 10. The van der Waals surface area contributed by atoms with Gasteiger partial charge >= 0.3 is 48.4 Å². The average molecular weight is 420 g/mol. The third-order valence-corrected chi connectivity index (χ3v) is 2.99. The number of carbonyl (C=O) groups excluding carboxylic acids is 2. The van der Waals surface area contributed by atoms with Gasteiger partial charge in [0.2, 0.25) is 0 Å². The Labute approximate surface area is 192 Å². The summed E-state index contributed by atoms with van der Waals surface area (Å²) in [6.07, 6.45) is -16.2. The Morgan fingerprint density at radius 2 is 0.821 bits per heavy atom. The number of aliphatic carboxylic acids is 2. The molecule has 14 nitrogen and oxygen atoms in total. The summed E-state index contributed by atoms with van der Waals surface area (Å²) in [4.78, 5) is 20.0. The smallest absolute Gasteiger partial charge is 0.547 e. The van der Waals surface area contributed by atoms with Crippen molar-refractivity contribution in [3.8, 4) is 0 Å². The molecule has 0 aliphatic carbocycles. The van der Waals surface area contributed by atoms with Gasteiger partial charge in [0.15, 0.2) is 0 Å². The van der Waals surface area contributed by atoms with Crippen molar-refractivity contribution in [2.45, 2.75) is 48.8 Å². The van der Waals surface area contributed by atoms with Crippen molar-refractivity contribution in [1.29, 1.82) is 0 Å². The first-order valence-electron chi connectivity index (χ1n) is 6.91. The molecule has 0 fully saturated rings. The maximum atomic E-state index is 9.98. The molecule has 156 valence electrons. The predicted molar refractivity (Wildman–Crippen MR) is 72.2 cm³/mol. The summed E-state index contributed by atoms with van der Waals surface area (Å²) in [6, 6.07) is 0. The maximum Gasteiger partial charge on any atom is 1.00 e. The van der Waals surface area contributed by atoms with Gasteiger partial charge in [-0.15, -0.1) is 0 Å². The standard InChI is InChI=1S/2C6H12O7.Li.Na/c2*7-1-2(8)3(9)4(10)5(11)6(12)13;;/h2*2-5,7-11H,1H2,(H,12,13);;/q;;2*+1/p-2/t2*2-,3+,4+,5-;;/m11../s1. The van der Waals surface area contributed by atoms with Gasteiger partial charge in [0.25, 0.3) is 0 Å². The third-order valence-electron chi connectivity index (χ3n) is 2.99. The molecule has 0 saturated heterocycles. The van der Waals surface area contributed by atoms with Crippen LogP contribution in [0, 0.1) is 0 Å². The van der Waals surface area contributed by atoms with E-state index in [1.807, 2.05) is 0 Å². The summed E-state index contributed by atoms with van der Waals surface area (Å²) in [6.45, 7) is -1.73. The molecule has 0 aromatic heterocycles. The second-order valence-corrected chi connectivity index (χ2v) is 4.99. The SMILES string of the molecule is O=C([O-])[C@H](O)[C@@H](O)[C@@H](O)[C@H](O)CO.O=C([O-])[C@H](O)[C@@H](O)[C@@H](O)[C@H](O)CO.[Li+].[Na+]. The molecule has 10 N–H and O–H groups in total. The van der Waals surface area contributed by atoms with E-state index in [0.29, 0.717) is 0 Å². The van der Waals surface area contributed by atoms with Crippen molar-refractivity contribution >= 4 is 11.9 Å². The molecular formula is C12H22LiNaO14. The van der Waals surface area contributed by atoms with Crippen LogP contribution in [0.15, 0.2) is 0 Å². The Balaban J connectivity index is -0.000000192. The molecule has 0 rings (SSSR count). The van der Waals surface area contributed by atoms with Crippen molar-refractivity contribution in [1.82, 2.24) is 0 Å². The van der Waals surface area contributed by atoms with Crippen LogP contribution in [-0.4, -0.2) is 125 Å². The fourth-order valence-corrected chi connectivity index (χ4v) is 1.32. The minimum absolute atomic E-state index is 0. The van der Waals surface area contributed by atoms with Crippen LogP contribution in [0.3, 0.4) is 0 Å². The fraction of sp³-hybridized carbons (Fsp3) is 0.833. The van der Waals surface area contributed by atoms with Crippen LogP contribution in [0.5, 0.6) is 0 Å². The van der Waals surface area contributed by atoms with E-state index in [1.165, 1.54) is 0 Å². The van der Waals surface area contributed by atoms with Gasteiger partial charge < -0.3 is 70.9 Å². The predicted octanol–water partition coefficient (Wildman–Crippen LogP) is -15.6. The molecule has 28 heavy (non-hydrogen) atoms. The van der Waals surface area contributed by atoms with Crippen LogP contribution >= 0.6 is 0 Å². The zero-order valence-electron chi connectivity index (χ0n) is 15.1. The molecule has 0 aromatic rings.